The van der Waals surface area contributed by atoms with Crippen LogP contribution in [0.1, 0.15) is 17.8 Å². The molecule has 1 unspecified atom stereocenters. The van der Waals surface area contributed by atoms with Gasteiger partial charge in [0.25, 0.3) is 0 Å². The second-order valence-corrected chi connectivity index (χ2v) is 6.29. The van der Waals surface area contributed by atoms with Crippen LogP contribution < -0.4 is 5.32 Å². The first kappa shape index (κ1) is 13.0. The highest BCUT2D eigenvalue weighted by atomic mass is 35.5. The number of hydrogen-bond donors (Lipinski definition) is 1. The molecule has 2 rings (SSSR count). The maximum absolute atomic E-state index is 5.94. The molecule has 1 aromatic carbocycles. The summed E-state index contributed by atoms with van der Waals surface area (Å²) in [5, 5.41) is 4.58. The lowest BCUT2D eigenvalue weighted by Gasteiger charge is -2.14. The fraction of sp³-hybridized carbons (Fsp3) is 0.167. The highest BCUT2D eigenvalue weighted by molar-refractivity contribution is 7.16. The fourth-order valence-corrected chi connectivity index (χ4v) is 3.11. The molecule has 0 aliphatic heterocycles. The smallest absolute Gasteiger partial charge is 0.0932 e. The first-order valence-corrected chi connectivity index (χ1v) is 6.97. The van der Waals surface area contributed by atoms with Crippen LogP contribution in [0.25, 0.3) is 0 Å². The third kappa shape index (κ3) is 3.52. The van der Waals surface area contributed by atoms with Crippen LogP contribution in [0.3, 0.4) is 0 Å². The van der Waals surface area contributed by atoms with Gasteiger partial charge in [-0.2, -0.15) is 0 Å². The Kier molecular flexibility index (Phi) is 4.21. The average Bonchev–Trinajstić information content (AvgIpc) is 2.63. The molecule has 0 bridgehead atoms. The van der Waals surface area contributed by atoms with Crippen LogP contribution in [-0.2, 0) is 0 Å². The van der Waals surface area contributed by atoms with E-state index >= 15 is 0 Å². The summed E-state index contributed by atoms with van der Waals surface area (Å²) in [6.45, 7) is 2.07. The summed E-state index contributed by atoms with van der Waals surface area (Å²) in [6.07, 6.45) is 0. The largest absolute Gasteiger partial charge is 0.378 e. The zero-order valence-electron chi connectivity index (χ0n) is 9.01. The molecule has 5 heteroatoms. The van der Waals surface area contributed by atoms with Crippen molar-refractivity contribution in [2.24, 2.45) is 0 Å². The summed E-state index contributed by atoms with van der Waals surface area (Å²) in [5.74, 6) is 0. The van der Waals surface area contributed by atoms with Gasteiger partial charge in [0.05, 0.1) is 10.4 Å². The monoisotopic (exact) mass is 305 g/mol. The number of rotatable bonds is 3. The number of hydrogen-bond acceptors (Lipinski definition) is 2. The summed E-state index contributed by atoms with van der Waals surface area (Å²) in [7, 11) is 0. The molecular weight excluding hydrogens is 297 g/mol. The number of benzene rings is 1. The molecule has 1 nitrogen and oxygen atoms in total. The van der Waals surface area contributed by atoms with Crippen molar-refractivity contribution >= 4 is 51.8 Å². The summed E-state index contributed by atoms with van der Waals surface area (Å²) in [5.41, 5.74) is 0.902. The molecule has 17 heavy (non-hydrogen) atoms. The van der Waals surface area contributed by atoms with E-state index in [1.165, 1.54) is 4.88 Å². The van der Waals surface area contributed by atoms with Gasteiger partial charge in [0, 0.05) is 20.6 Å². The lowest BCUT2D eigenvalue weighted by atomic mass is 10.2. The quantitative estimate of drug-likeness (QED) is 0.746. The second kappa shape index (κ2) is 5.49. The Morgan fingerprint density at radius 1 is 1.06 bits per heavy atom. The molecule has 90 valence electrons. The summed E-state index contributed by atoms with van der Waals surface area (Å²) < 4.78 is 0.790. The Balaban J connectivity index is 2.15. The Morgan fingerprint density at radius 3 is 2.24 bits per heavy atom. The van der Waals surface area contributed by atoms with Gasteiger partial charge in [0.1, 0.15) is 0 Å². The van der Waals surface area contributed by atoms with Crippen molar-refractivity contribution in [2.75, 3.05) is 5.32 Å². The SMILES string of the molecule is CC(Nc1cc(Cl)cc(Cl)c1)c1ccc(Cl)s1. The average molecular weight is 307 g/mol. The van der Waals surface area contributed by atoms with Crippen LogP contribution in [-0.4, -0.2) is 0 Å². The van der Waals surface area contributed by atoms with Crippen molar-refractivity contribution in [3.05, 3.63) is 49.6 Å². The molecule has 1 atom stereocenters. The minimum Gasteiger partial charge on any atom is -0.378 e. The van der Waals surface area contributed by atoms with Gasteiger partial charge in [0.15, 0.2) is 0 Å². The highest BCUT2D eigenvalue weighted by Crippen LogP contribution is 2.30. The lowest BCUT2D eigenvalue weighted by Crippen LogP contribution is -2.04. The number of nitrogens with one attached hydrogen (secondary N) is 1. The van der Waals surface area contributed by atoms with Crippen molar-refractivity contribution in [1.29, 1.82) is 0 Å². The van der Waals surface area contributed by atoms with Gasteiger partial charge in [-0.25, -0.2) is 0 Å². The van der Waals surface area contributed by atoms with Crippen molar-refractivity contribution in [3.8, 4) is 0 Å². The molecule has 0 saturated heterocycles. The van der Waals surface area contributed by atoms with Crippen molar-refractivity contribution in [3.63, 3.8) is 0 Å². The zero-order chi connectivity index (χ0) is 12.4. The zero-order valence-corrected chi connectivity index (χ0v) is 12.1. The fourth-order valence-electron chi connectivity index (χ4n) is 1.52. The second-order valence-electron chi connectivity index (χ2n) is 3.67. The lowest BCUT2D eigenvalue weighted by molar-refractivity contribution is 0.908. The van der Waals surface area contributed by atoms with Crippen LogP contribution in [0.5, 0.6) is 0 Å². The Bertz CT molecular complexity index is 504. The third-order valence-corrected chi connectivity index (χ3v) is 4.12. The molecule has 1 aromatic heterocycles. The van der Waals surface area contributed by atoms with Crippen LogP contribution in [0, 0.1) is 0 Å². The van der Waals surface area contributed by atoms with E-state index in [0.29, 0.717) is 10.0 Å². The van der Waals surface area contributed by atoms with Crippen molar-refractivity contribution in [2.45, 2.75) is 13.0 Å². The van der Waals surface area contributed by atoms with Crippen LogP contribution >= 0.6 is 46.1 Å². The topological polar surface area (TPSA) is 12.0 Å². The Hall–Kier alpha value is -0.410. The van der Waals surface area contributed by atoms with Crippen LogP contribution in [0.15, 0.2) is 30.3 Å². The predicted molar refractivity (Wildman–Crippen MR) is 77.8 cm³/mol. The summed E-state index contributed by atoms with van der Waals surface area (Å²) >= 11 is 19.3. The van der Waals surface area contributed by atoms with E-state index in [-0.39, 0.29) is 6.04 Å². The highest BCUT2D eigenvalue weighted by Gasteiger charge is 2.08. The van der Waals surface area contributed by atoms with Gasteiger partial charge in [0.2, 0.25) is 0 Å². The Labute approximate surface area is 119 Å². The minimum atomic E-state index is 0.169. The van der Waals surface area contributed by atoms with Gasteiger partial charge in [-0.1, -0.05) is 34.8 Å². The maximum atomic E-state index is 5.94. The van der Waals surface area contributed by atoms with Crippen LogP contribution in [0.4, 0.5) is 5.69 Å². The van der Waals surface area contributed by atoms with Gasteiger partial charge in [-0.15, -0.1) is 11.3 Å². The molecule has 0 aliphatic carbocycles. The normalized spacial score (nSPS) is 12.5. The van der Waals surface area contributed by atoms with Crippen molar-refractivity contribution in [1.82, 2.24) is 0 Å². The molecule has 0 saturated carbocycles. The standard InChI is InChI=1S/C12H10Cl3NS/c1-7(11-2-3-12(15)17-11)16-10-5-8(13)4-9(14)6-10/h2-7,16H,1H3. The van der Waals surface area contributed by atoms with E-state index in [9.17, 15) is 0 Å². The first-order chi connectivity index (χ1) is 8.04. The minimum absolute atomic E-state index is 0.169. The molecule has 0 spiro atoms. The van der Waals surface area contributed by atoms with E-state index in [1.54, 1.807) is 17.4 Å². The number of thiophene rings is 1. The summed E-state index contributed by atoms with van der Waals surface area (Å²) in [6, 6.07) is 9.47. The van der Waals surface area contributed by atoms with E-state index in [0.717, 1.165) is 10.0 Å². The van der Waals surface area contributed by atoms with E-state index in [1.807, 2.05) is 24.3 Å². The third-order valence-electron chi connectivity index (χ3n) is 2.27. The molecule has 1 heterocycles. The van der Waals surface area contributed by atoms with E-state index < -0.39 is 0 Å². The molecule has 0 amide bonds. The summed E-state index contributed by atoms with van der Waals surface area (Å²) in [4.78, 5) is 1.17. The number of halogens is 3. The Morgan fingerprint density at radius 2 is 1.71 bits per heavy atom. The maximum Gasteiger partial charge on any atom is 0.0932 e. The number of anilines is 1. The van der Waals surface area contributed by atoms with E-state index in [2.05, 4.69) is 12.2 Å². The molecule has 2 aromatic rings. The van der Waals surface area contributed by atoms with Crippen molar-refractivity contribution < 1.29 is 0 Å². The van der Waals surface area contributed by atoms with E-state index in [4.69, 9.17) is 34.8 Å². The molecule has 1 N–H and O–H groups in total. The van der Waals surface area contributed by atoms with Gasteiger partial charge < -0.3 is 5.32 Å². The van der Waals surface area contributed by atoms with Crippen LogP contribution in [0.2, 0.25) is 14.4 Å². The van der Waals surface area contributed by atoms with Gasteiger partial charge >= 0.3 is 0 Å². The molecule has 0 radical (unpaired) electrons. The predicted octanol–water partition coefficient (Wildman–Crippen LogP) is 5.88. The molecular formula is C12H10Cl3NS. The molecule has 0 aliphatic rings. The van der Waals surface area contributed by atoms with Gasteiger partial charge in [-0.05, 0) is 37.3 Å². The van der Waals surface area contributed by atoms with Gasteiger partial charge in [-0.3, -0.25) is 0 Å². The first-order valence-electron chi connectivity index (χ1n) is 5.02. The molecule has 0 fully saturated rings.